The van der Waals surface area contributed by atoms with Crippen LogP contribution in [0.1, 0.15) is 11.1 Å². The molecule has 0 bridgehead atoms. The average molecular weight is 349 g/mol. The van der Waals surface area contributed by atoms with Gasteiger partial charge in [-0.15, -0.1) is 0 Å². The Kier molecular flexibility index (Phi) is 6.32. The molecule has 2 aromatic carbocycles. The molecular formula is C18H21ClN2O3. The van der Waals surface area contributed by atoms with Gasteiger partial charge in [-0.3, -0.25) is 0 Å². The van der Waals surface area contributed by atoms with Crippen molar-refractivity contribution in [1.29, 1.82) is 0 Å². The number of benzene rings is 2. The predicted octanol–water partition coefficient (Wildman–Crippen LogP) is 4.17. The van der Waals surface area contributed by atoms with Crippen molar-refractivity contribution in [3.8, 4) is 11.5 Å². The molecule has 2 amide bonds. The molecule has 5 nitrogen and oxygen atoms in total. The SMILES string of the molecule is COc1cc(C)ccc1OCCNC(=O)Nc1cc(Cl)ccc1C. The van der Waals surface area contributed by atoms with E-state index in [9.17, 15) is 4.79 Å². The van der Waals surface area contributed by atoms with Crippen molar-refractivity contribution in [3.05, 3.63) is 52.5 Å². The maximum atomic E-state index is 11.9. The third kappa shape index (κ3) is 5.06. The molecule has 24 heavy (non-hydrogen) atoms. The molecule has 0 aliphatic heterocycles. The van der Waals surface area contributed by atoms with Crippen LogP contribution in [0.3, 0.4) is 0 Å². The molecule has 0 aromatic heterocycles. The highest BCUT2D eigenvalue weighted by Crippen LogP contribution is 2.27. The van der Waals surface area contributed by atoms with Crippen LogP contribution in [0.5, 0.6) is 11.5 Å². The fourth-order valence-electron chi connectivity index (χ4n) is 2.11. The van der Waals surface area contributed by atoms with Crippen molar-refractivity contribution in [3.63, 3.8) is 0 Å². The molecule has 0 spiro atoms. The number of carbonyl (C=O) groups is 1. The maximum Gasteiger partial charge on any atom is 0.319 e. The van der Waals surface area contributed by atoms with E-state index < -0.39 is 0 Å². The van der Waals surface area contributed by atoms with Crippen LogP contribution >= 0.6 is 11.6 Å². The maximum absolute atomic E-state index is 11.9. The molecule has 0 saturated carbocycles. The van der Waals surface area contributed by atoms with Crippen LogP contribution in [0.25, 0.3) is 0 Å². The van der Waals surface area contributed by atoms with Gasteiger partial charge >= 0.3 is 6.03 Å². The minimum atomic E-state index is -0.306. The Morgan fingerprint density at radius 3 is 2.67 bits per heavy atom. The van der Waals surface area contributed by atoms with E-state index in [1.54, 1.807) is 19.2 Å². The number of hydrogen-bond acceptors (Lipinski definition) is 3. The normalized spacial score (nSPS) is 10.2. The zero-order valence-electron chi connectivity index (χ0n) is 14.0. The Morgan fingerprint density at radius 2 is 1.92 bits per heavy atom. The first kappa shape index (κ1) is 17.9. The van der Waals surface area contributed by atoms with Crippen LogP contribution in [-0.4, -0.2) is 26.3 Å². The zero-order valence-corrected chi connectivity index (χ0v) is 14.7. The Hall–Kier alpha value is -2.40. The number of rotatable bonds is 6. The standard InChI is InChI=1S/C18H21ClN2O3/c1-12-4-7-16(17(10-12)23-3)24-9-8-20-18(22)21-15-11-14(19)6-5-13(15)2/h4-7,10-11H,8-9H2,1-3H3,(H2,20,21,22). The molecule has 2 N–H and O–H groups in total. The number of hydrogen-bond donors (Lipinski definition) is 2. The highest BCUT2D eigenvalue weighted by molar-refractivity contribution is 6.31. The molecule has 0 radical (unpaired) electrons. The Labute approximate surface area is 146 Å². The topological polar surface area (TPSA) is 59.6 Å². The number of amides is 2. The summed E-state index contributed by atoms with van der Waals surface area (Å²) in [7, 11) is 1.60. The van der Waals surface area contributed by atoms with Gasteiger partial charge in [0.2, 0.25) is 0 Å². The predicted molar refractivity (Wildman–Crippen MR) is 96.4 cm³/mol. The smallest absolute Gasteiger partial charge is 0.319 e. The van der Waals surface area contributed by atoms with Gasteiger partial charge in [-0.2, -0.15) is 0 Å². The van der Waals surface area contributed by atoms with Crippen molar-refractivity contribution in [1.82, 2.24) is 5.32 Å². The van der Waals surface area contributed by atoms with Crippen molar-refractivity contribution >= 4 is 23.3 Å². The first-order chi connectivity index (χ1) is 11.5. The van der Waals surface area contributed by atoms with Crippen molar-refractivity contribution in [2.24, 2.45) is 0 Å². The molecule has 2 rings (SSSR count). The second kappa shape index (κ2) is 8.45. The summed E-state index contributed by atoms with van der Waals surface area (Å²) in [4.78, 5) is 11.9. The Balaban J connectivity index is 1.80. The fourth-order valence-corrected chi connectivity index (χ4v) is 2.29. The van der Waals surface area contributed by atoms with Gasteiger partial charge in [0.1, 0.15) is 6.61 Å². The van der Waals surface area contributed by atoms with Crippen molar-refractivity contribution in [2.75, 3.05) is 25.6 Å². The lowest BCUT2D eigenvalue weighted by molar-refractivity contribution is 0.246. The Bertz CT molecular complexity index is 719. The van der Waals surface area contributed by atoms with E-state index in [-0.39, 0.29) is 6.03 Å². The monoisotopic (exact) mass is 348 g/mol. The van der Waals surface area contributed by atoms with Gasteiger partial charge in [-0.1, -0.05) is 23.7 Å². The van der Waals surface area contributed by atoms with Gasteiger partial charge in [0.15, 0.2) is 11.5 Å². The summed E-state index contributed by atoms with van der Waals surface area (Å²) in [5, 5.41) is 6.08. The van der Waals surface area contributed by atoms with E-state index >= 15 is 0 Å². The number of urea groups is 1. The summed E-state index contributed by atoms with van der Waals surface area (Å²) < 4.78 is 10.9. The van der Waals surface area contributed by atoms with Gasteiger partial charge in [-0.05, 0) is 49.2 Å². The third-order valence-corrected chi connectivity index (χ3v) is 3.65. The largest absolute Gasteiger partial charge is 0.493 e. The average Bonchev–Trinajstić information content (AvgIpc) is 2.56. The number of anilines is 1. The summed E-state index contributed by atoms with van der Waals surface area (Å²) in [6, 6.07) is 10.7. The second-order valence-electron chi connectivity index (χ2n) is 5.34. The van der Waals surface area contributed by atoms with Crippen LogP contribution < -0.4 is 20.1 Å². The molecular weight excluding hydrogens is 328 g/mol. The highest BCUT2D eigenvalue weighted by atomic mass is 35.5. The molecule has 0 fully saturated rings. The molecule has 0 saturated heterocycles. The zero-order chi connectivity index (χ0) is 17.5. The lowest BCUT2D eigenvalue weighted by Gasteiger charge is -2.13. The minimum Gasteiger partial charge on any atom is -0.493 e. The highest BCUT2D eigenvalue weighted by Gasteiger charge is 2.06. The minimum absolute atomic E-state index is 0.306. The summed E-state index contributed by atoms with van der Waals surface area (Å²) in [5.74, 6) is 1.32. The van der Waals surface area contributed by atoms with E-state index in [4.69, 9.17) is 21.1 Å². The lowest BCUT2D eigenvalue weighted by Crippen LogP contribution is -2.32. The molecule has 128 valence electrons. The first-order valence-corrected chi connectivity index (χ1v) is 7.96. The van der Waals surface area contributed by atoms with Crippen LogP contribution in [0, 0.1) is 13.8 Å². The summed E-state index contributed by atoms with van der Waals surface area (Å²) in [6.07, 6.45) is 0. The quantitative estimate of drug-likeness (QED) is 0.770. The van der Waals surface area contributed by atoms with Crippen molar-refractivity contribution < 1.29 is 14.3 Å². The summed E-state index contributed by atoms with van der Waals surface area (Å²) in [6.45, 7) is 4.58. The number of methoxy groups -OCH3 is 1. The number of carbonyl (C=O) groups excluding carboxylic acids is 1. The molecule has 6 heteroatoms. The number of halogens is 1. The number of aryl methyl sites for hydroxylation is 2. The van der Waals surface area contributed by atoms with Gasteiger partial charge in [0.05, 0.1) is 13.7 Å². The van der Waals surface area contributed by atoms with Crippen molar-refractivity contribution in [2.45, 2.75) is 13.8 Å². The van der Waals surface area contributed by atoms with Gasteiger partial charge in [-0.25, -0.2) is 4.79 Å². The molecule has 0 unspecified atom stereocenters. The molecule has 0 aliphatic carbocycles. The Morgan fingerprint density at radius 1 is 1.12 bits per heavy atom. The van der Waals surface area contributed by atoms with Crippen LogP contribution in [0.2, 0.25) is 5.02 Å². The molecule has 2 aromatic rings. The van der Waals surface area contributed by atoms with Crippen LogP contribution in [0.15, 0.2) is 36.4 Å². The van der Waals surface area contributed by atoms with E-state index in [1.165, 1.54) is 0 Å². The second-order valence-corrected chi connectivity index (χ2v) is 5.78. The van der Waals surface area contributed by atoms with Gasteiger partial charge in [0.25, 0.3) is 0 Å². The fraction of sp³-hybridized carbons (Fsp3) is 0.278. The lowest BCUT2D eigenvalue weighted by atomic mass is 10.2. The van der Waals surface area contributed by atoms with Crippen LogP contribution in [-0.2, 0) is 0 Å². The number of ether oxygens (including phenoxy) is 2. The van der Waals surface area contributed by atoms with E-state index in [2.05, 4.69) is 10.6 Å². The van der Waals surface area contributed by atoms with Crippen LogP contribution in [0.4, 0.5) is 10.5 Å². The van der Waals surface area contributed by atoms with E-state index in [1.807, 2.05) is 38.1 Å². The summed E-state index contributed by atoms with van der Waals surface area (Å²) >= 11 is 5.93. The number of nitrogens with one attached hydrogen (secondary N) is 2. The molecule has 0 aliphatic rings. The summed E-state index contributed by atoms with van der Waals surface area (Å²) in [5.41, 5.74) is 2.71. The van der Waals surface area contributed by atoms with E-state index in [0.29, 0.717) is 35.4 Å². The first-order valence-electron chi connectivity index (χ1n) is 7.58. The third-order valence-electron chi connectivity index (χ3n) is 3.41. The molecule has 0 heterocycles. The van der Waals surface area contributed by atoms with E-state index in [0.717, 1.165) is 11.1 Å². The van der Waals surface area contributed by atoms with Gasteiger partial charge in [0, 0.05) is 10.7 Å². The molecule has 0 atom stereocenters. The van der Waals surface area contributed by atoms with Gasteiger partial charge < -0.3 is 20.1 Å².